The Hall–Kier alpha value is -0.780. The Morgan fingerprint density at radius 1 is 1.83 bits per heavy atom. The molecule has 0 fully saturated rings. The van der Waals surface area contributed by atoms with Gasteiger partial charge >= 0.3 is 0 Å². The molecular weight excluding hydrogens is 100 g/mol. The number of thiocyanates is 1. The van der Waals surface area contributed by atoms with Crippen molar-refractivity contribution in [3.8, 4) is 5.40 Å². The predicted octanol–water partition coefficient (Wildman–Crippen LogP) is 0.451. The summed E-state index contributed by atoms with van der Waals surface area (Å²) < 4.78 is 2.84. The van der Waals surface area contributed by atoms with Crippen LogP contribution in [0, 0.1) is 10.7 Å². The van der Waals surface area contributed by atoms with E-state index in [0.29, 0.717) is 11.9 Å². The minimum atomic E-state index is 0.515. The molecule has 30 valence electrons. The van der Waals surface area contributed by atoms with Gasteiger partial charge in [-0.05, 0) is 0 Å². The number of hydrogen-bond donors (Lipinski definition) is 0. The zero-order valence-corrected chi connectivity index (χ0v) is 3.53. The number of rotatable bonds is 1. The molecule has 0 saturated heterocycles. The standard InChI is InChI=1S/C2N2OS/c3-1-6-4-2-5. The quantitative estimate of drug-likeness (QED) is 0.208. The number of isocyanates is 1. The van der Waals surface area contributed by atoms with Crippen LogP contribution in [0.5, 0.6) is 0 Å². The summed E-state index contributed by atoms with van der Waals surface area (Å²) in [5.74, 6) is 0. The van der Waals surface area contributed by atoms with Gasteiger partial charge in [0.15, 0.2) is 5.40 Å². The van der Waals surface area contributed by atoms with Crippen molar-refractivity contribution in [3.05, 3.63) is 0 Å². The molecule has 0 aliphatic carbocycles. The topological polar surface area (TPSA) is 53.2 Å². The van der Waals surface area contributed by atoms with Crippen molar-refractivity contribution in [2.45, 2.75) is 0 Å². The maximum Gasteiger partial charge on any atom is 0.248 e. The van der Waals surface area contributed by atoms with E-state index in [0.717, 1.165) is 0 Å². The van der Waals surface area contributed by atoms with Crippen LogP contribution in [0.4, 0.5) is 0 Å². The van der Waals surface area contributed by atoms with Gasteiger partial charge in [-0.25, -0.2) is 4.79 Å². The molecule has 3 nitrogen and oxygen atoms in total. The SMILES string of the molecule is N#CSN=C=O. The van der Waals surface area contributed by atoms with Crippen LogP contribution in [0.3, 0.4) is 0 Å². The highest BCUT2D eigenvalue weighted by molar-refractivity contribution is 8.02. The highest BCUT2D eigenvalue weighted by Crippen LogP contribution is 1.91. The number of carbonyl (C=O) groups excluding carboxylic acids is 1. The molecule has 0 aromatic heterocycles. The molecule has 6 heavy (non-hydrogen) atoms. The monoisotopic (exact) mass is 100.0 g/mol. The molecule has 0 rings (SSSR count). The molecule has 0 aliphatic heterocycles. The van der Waals surface area contributed by atoms with E-state index in [2.05, 4.69) is 4.40 Å². The third-order valence-corrected chi connectivity index (χ3v) is 0.371. The number of nitrogens with zero attached hydrogens (tertiary/aromatic N) is 2. The van der Waals surface area contributed by atoms with E-state index in [9.17, 15) is 0 Å². The van der Waals surface area contributed by atoms with E-state index < -0.39 is 0 Å². The van der Waals surface area contributed by atoms with Crippen molar-refractivity contribution in [2.75, 3.05) is 0 Å². The van der Waals surface area contributed by atoms with Crippen molar-refractivity contribution in [1.29, 1.82) is 5.26 Å². The first-order valence-electron chi connectivity index (χ1n) is 1.04. The van der Waals surface area contributed by atoms with E-state index >= 15 is 0 Å². The summed E-state index contributed by atoms with van der Waals surface area (Å²) in [5.41, 5.74) is 0. The van der Waals surface area contributed by atoms with E-state index in [1.54, 1.807) is 5.40 Å². The van der Waals surface area contributed by atoms with Crippen molar-refractivity contribution < 1.29 is 4.79 Å². The van der Waals surface area contributed by atoms with Crippen LogP contribution < -0.4 is 0 Å². The van der Waals surface area contributed by atoms with Crippen molar-refractivity contribution in [2.24, 2.45) is 4.40 Å². The third kappa shape index (κ3) is 3.22. The molecular formula is C2N2OS. The Morgan fingerprint density at radius 2 is 2.50 bits per heavy atom. The zero-order chi connectivity index (χ0) is 4.83. The van der Waals surface area contributed by atoms with Gasteiger partial charge in [0.25, 0.3) is 0 Å². The van der Waals surface area contributed by atoms with Crippen molar-refractivity contribution in [3.63, 3.8) is 0 Å². The number of hydrogen-bond acceptors (Lipinski definition) is 4. The molecule has 0 aromatic rings. The fraction of sp³-hybridized carbons (Fsp3) is 0. The van der Waals surface area contributed by atoms with Gasteiger partial charge in [-0.15, -0.1) is 4.40 Å². The molecule has 0 radical (unpaired) electrons. The average Bonchev–Trinajstić information content (AvgIpc) is 1.61. The smallest absolute Gasteiger partial charge is 0.210 e. The van der Waals surface area contributed by atoms with E-state index in [4.69, 9.17) is 10.1 Å². The highest BCUT2D eigenvalue weighted by atomic mass is 32.2. The van der Waals surface area contributed by atoms with Gasteiger partial charge in [0.05, 0.1) is 0 Å². The van der Waals surface area contributed by atoms with Crippen LogP contribution in [0.15, 0.2) is 4.40 Å². The second-order valence-corrected chi connectivity index (χ2v) is 0.913. The van der Waals surface area contributed by atoms with Gasteiger partial charge in [0.1, 0.15) is 11.9 Å². The molecule has 0 atom stereocenters. The summed E-state index contributed by atoms with van der Waals surface area (Å²) in [6, 6.07) is 0. The molecule has 0 aliphatic rings. The van der Waals surface area contributed by atoms with Gasteiger partial charge < -0.3 is 0 Å². The lowest BCUT2D eigenvalue weighted by Crippen LogP contribution is -1.38. The van der Waals surface area contributed by atoms with E-state index in [-0.39, 0.29) is 0 Å². The first-order valence-corrected chi connectivity index (χ1v) is 1.81. The van der Waals surface area contributed by atoms with E-state index in [1.165, 1.54) is 6.08 Å². The number of nitriles is 1. The minimum absolute atomic E-state index is 0.515. The molecule has 0 bridgehead atoms. The Kier molecular flexibility index (Phi) is 3.67. The van der Waals surface area contributed by atoms with Crippen LogP contribution >= 0.6 is 11.9 Å². The Morgan fingerprint density at radius 3 is 2.67 bits per heavy atom. The first kappa shape index (κ1) is 5.22. The summed E-state index contributed by atoms with van der Waals surface area (Å²) in [4.78, 5) is 9.10. The second-order valence-electron chi connectivity index (χ2n) is 0.365. The summed E-state index contributed by atoms with van der Waals surface area (Å²) in [6.45, 7) is 0. The molecule has 0 spiro atoms. The summed E-state index contributed by atoms with van der Waals surface area (Å²) in [7, 11) is 0. The van der Waals surface area contributed by atoms with Gasteiger partial charge in [-0.3, -0.25) is 0 Å². The molecule has 0 N–H and O–H groups in total. The third-order valence-electron chi connectivity index (χ3n) is 0.124. The summed E-state index contributed by atoms with van der Waals surface area (Å²) >= 11 is 0.515. The molecule has 0 saturated carbocycles. The fourth-order valence-corrected chi connectivity index (χ4v) is 0.117. The minimum Gasteiger partial charge on any atom is -0.210 e. The molecule has 0 aromatic carbocycles. The van der Waals surface area contributed by atoms with Crippen LogP contribution in [0.25, 0.3) is 0 Å². The Bertz CT molecular complexity index is 109. The largest absolute Gasteiger partial charge is 0.248 e. The van der Waals surface area contributed by atoms with Crippen LogP contribution in [0.1, 0.15) is 0 Å². The van der Waals surface area contributed by atoms with Crippen LogP contribution in [-0.2, 0) is 4.79 Å². The Labute approximate surface area is 38.8 Å². The maximum absolute atomic E-state index is 9.10. The van der Waals surface area contributed by atoms with E-state index in [1.807, 2.05) is 0 Å². The van der Waals surface area contributed by atoms with Gasteiger partial charge in [-0.1, -0.05) is 0 Å². The van der Waals surface area contributed by atoms with Gasteiger partial charge in [0.2, 0.25) is 6.08 Å². The summed E-state index contributed by atoms with van der Waals surface area (Å²) in [5, 5.41) is 9.19. The van der Waals surface area contributed by atoms with Crippen LogP contribution in [0.2, 0.25) is 0 Å². The average molecular weight is 100 g/mol. The molecule has 0 amide bonds. The first-order chi connectivity index (χ1) is 2.91. The predicted molar refractivity (Wildman–Crippen MR) is 21.3 cm³/mol. The Balaban J connectivity index is 3.16. The van der Waals surface area contributed by atoms with Crippen LogP contribution in [-0.4, -0.2) is 6.08 Å². The lowest BCUT2D eigenvalue weighted by atomic mass is 11.7. The van der Waals surface area contributed by atoms with Crippen molar-refractivity contribution >= 4 is 18.0 Å². The lowest BCUT2D eigenvalue weighted by Gasteiger charge is -1.53. The normalized spacial score (nSPS) is 5.17. The molecule has 4 heteroatoms. The highest BCUT2D eigenvalue weighted by Gasteiger charge is 1.64. The molecule has 0 heterocycles. The maximum atomic E-state index is 9.10. The van der Waals surface area contributed by atoms with Gasteiger partial charge in [0, 0.05) is 0 Å². The second kappa shape index (κ2) is 4.22. The van der Waals surface area contributed by atoms with Crippen molar-refractivity contribution in [1.82, 2.24) is 0 Å². The van der Waals surface area contributed by atoms with Gasteiger partial charge in [-0.2, -0.15) is 5.26 Å². The molecule has 0 unspecified atom stereocenters. The fourth-order valence-electron chi connectivity index (χ4n) is 0.0390. The zero-order valence-electron chi connectivity index (χ0n) is 2.71. The lowest BCUT2D eigenvalue weighted by molar-refractivity contribution is 0.566. The summed E-state index contributed by atoms with van der Waals surface area (Å²) in [6.07, 6.45) is 1.18.